The van der Waals surface area contributed by atoms with Crippen molar-refractivity contribution in [2.75, 3.05) is 19.1 Å². The number of benzene rings is 1. The van der Waals surface area contributed by atoms with E-state index in [1.165, 1.54) is 25.5 Å². The van der Waals surface area contributed by atoms with Gasteiger partial charge in [0, 0.05) is 36.0 Å². The number of hydrogen-bond donors (Lipinski definition) is 1. The normalized spacial score (nSPS) is 16.2. The summed E-state index contributed by atoms with van der Waals surface area (Å²) >= 11 is 5.65. The van der Waals surface area contributed by atoms with Crippen LogP contribution in [0.4, 0.5) is 5.69 Å². The van der Waals surface area contributed by atoms with Gasteiger partial charge in [0.15, 0.2) is 0 Å². The van der Waals surface area contributed by atoms with E-state index in [1.54, 1.807) is 12.1 Å². The lowest BCUT2D eigenvalue weighted by Crippen LogP contribution is -2.51. The molecule has 30 heavy (non-hydrogen) atoms. The highest BCUT2D eigenvalue weighted by Crippen LogP contribution is 2.46. The Labute approximate surface area is 182 Å². The van der Waals surface area contributed by atoms with Crippen LogP contribution in [0.25, 0.3) is 0 Å². The Morgan fingerprint density at radius 3 is 2.40 bits per heavy atom. The molecule has 0 radical (unpaired) electrons. The number of sulfone groups is 1. The van der Waals surface area contributed by atoms with Crippen LogP contribution >= 0.6 is 12.2 Å². The fourth-order valence-electron chi connectivity index (χ4n) is 3.66. The van der Waals surface area contributed by atoms with Gasteiger partial charge in [0.25, 0.3) is 5.69 Å². The Morgan fingerprint density at radius 2 is 1.93 bits per heavy atom. The highest BCUT2D eigenvalue weighted by molar-refractivity contribution is 7.90. The van der Waals surface area contributed by atoms with Crippen molar-refractivity contribution in [1.82, 2.24) is 5.32 Å². The van der Waals surface area contributed by atoms with Crippen molar-refractivity contribution in [3.05, 3.63) is 39.9 Å². The second-order valence-electron chi connectivity index (χ2n) is 7.90. The highest BCUT2D eigenvalue weighted by Gasteiger charge is 2.41. The summed E-state index contributed by atoms with van der Waals surface area (Å²) < 4.78 is 27.6. The molecule has 10 heteroatoms. The van der Waals surface area contributed by atoms with Gasteiger partial charge in [-0.3, -0.25) is 10.1 Å². The zero-order valence-electron chi connectivity index (χ0n) is 17.3. The first-order chi connectivity index (χ1) is 14.1. The molecule has 1 N–H and O–H groups in total. The number of hydrogen-bond acceptors (Lipinski definition) is 7. The van der Waals surface area contributed by atoms with E-state index >= 15 is 0 Å². The molecule has 8 nitrogen and oxygen atoms in total. The van der Waals surface area contributed by atoms with Gasteiger partial charge in [-0.2, -0.15) is 0 Å². The molecule has 166 valence electrons. The number of nitro benzene ring substituents is 1. The van der Waals surface area contributed by atoms with E-state index in [-0.39, 0.29) is 23.3 Å². The van der Waals surface area contributed by atoms with Crippen LogP contribution in [0.15, 0.2) is 24.3 Å². The van der Waals surface area contributed by atoms with E-state index in [0.717, 1.165) is 37.7 Å². The number of thiocarbonyl (C=S) groups is 1. The standard InChI is InChI=1S/C20H28N2O6S2/c1-28-18(23)17(14-15-6-8-16(9-7-15)22(24)25)21-19(29)20(11-5-12-20)10-3-4-13-30(2,26)27/h6-9,17H,3-5,10-14H2,1-2H3,(H,21,29). The average Bonchev–Trinajstić information content (AvgIpc) is 2.65. The molecule has 0 bridgehead atoms. The maximum Gasteiger partial charge on any atom is 0.328 e. The summed E-state index contributed by atoms with van der Waals surface area (Å²) in [5.74, 6) is -0.295. The Balaban J connectivity index is 2.02. The second kappa shape index (κ2) is 10.3. The number of carbonyl (C=O) groups excluding carboxylic acids is 1. The zero-order valence-corrected chi connectivity index (χ0v) is 18.9. The molecule has 1 unspecified atom stereocenters. The van der Waals surface area contributed by atoms with Crippen LogP contribution < -0.4 is 5.32 Å². The number of nitrogens with zero attached hydrogens (tertiary/aromatic N) is 1. The number of nitro groups is 1. The van der Waals surface area contributed by atoms with Gasteiger partial charge in [-0.05, 0) is 31.2 Å². The third-order valence-corrected chi connectivity index (χ3v) is 7.17. The minimum Gasteiger partial charge on any atom is -0.467 e. The SMILES string of the molecule is COC(=O)C(Cc1ccc([N+](=O)[O-])cc1)NC(=S)C1(CCCCS(C)(=O)=O)CCC1. The summed E-state index contributed by atoms with van der Waals surface area (Å²) in [6.07, 6.45) is 6.49. The van der Waals surface area contributed by atoms with Crippen LogP contribution in [0.1, 0.15) is 44.1 Å². The fraction of sp³-hybridized carbons (Fsp3) is 0.600. The van der Waals surface area contributed by atoms with Gasteiger partial charge >= 0.3 is 5.97 Å². The van der Waals surface area contributed by atoms with Crippen molar-refractivity contribution < 1.29 is 22.9 Å². The maximum absolute atomic E-state index is 12.3. The lowest BCUT2D eigenvalue weighted by Gasteiger charge is -2.43. The maximum atomic E-state index is 12.3. The lowest BCUT2D eigenvalue weighted by atomic mass is 9.65. The monoisotopic (exact) mass is 456 g/mol. The molecule has 1 aromatic rings. The molecule has 0 amide bonds. The number of nitrogens with one attached hydrogen (secondary N) is 1. The lowest BCUT2D eigenvalue weighted by molar-refractivity contribution is -0.384. The summed E-state index contributed by atoms with van der Waals surface area (Å²) in [6.45, 7) is 0. The van der Waals surface area contributed by atoms with Crippen LogP contribution in [0.3, 0.4) is 0 Å². The number of rotatable bonds is 11. The van der Waals surface area contributed by atoms with E-state index in [4.69, 9.17) is 17.0 Å². The molecule has 0 saturated heterocycles. The van der Waals surface area contributed by atoms with Crippen molar-refractivity contribution in [3.63, 3.8) is 0 Å². The number of unbranched alkanes of at least 4 members (excludes halogenated alkanes) is 1. The summed E-state index contributed by atoms with van der Waals surface area (Å²) in [5.41, 5.74) is 0.524. The predicted octanol–water partition coefficient (Wildman–Crippen LogP) is 2.98. The summed E-state index contributed by atoms with van der Waals surface area (Å²) in [4.78, 5) is 23.3. The largest absolute Gasteiger partial charge is 0.467 e. The van der Waals surface area contributed by atoms with E-state index in [1.807, 2.05) is 0 Å². The number of esters is 1. The Morgan fingerprint density at radius 1 is 1.30 bits per heavy atom. The molecule has 2 rings (SSSR count). The van der Waals surface area contributed by atoms with Gasteiger partial charge in [0.1, 0.15) is 15.9 Å². The molecule has 1 saturated carbocycles. The van der Waals surface area contributed by atoms with Crippen molar-refractivity contribution in [2.24, 2.45) is 5.41 Å². The van der Waals surface area contributed by atoms with Crippen LogP contribution in [0, 0.1) is 15.5 Å². The third-order valence-electron chi connectivity index (χ3n) is 5.59. The molecule has 1 aliphatic carbocycles. The summed E-state index contributed by atoms with van der Waals surface area (Å²) in [5, 5.41) is 14.0. The number of non-ortho nitro benzene ring substituents is 1. The Kier molecular flexibility index (Phi) is 8.31. The molecule has 1 fully saturated rings. The van der Waals surface area contributed by atoms with Gasteiger partial charge in [-0.1, -0.05) is 37.2 Å². The molecule has 0 aliphatic heterocycles. The van der Waals surface area contributed by atoms with Crippen LogP contribution in [-0.2, 0) is 25.8 Å². The fourth-order valence-corrected chi connectivity index (χ4v) is 4.84. The number of ether oxygens (including phenoxy) is 1. The minimum absolute atomic E-state index is 0.0145. The van der Waals surface area contributed by atoms with Crippen LogP contribution in [0.5, 0.6) is 0 Å². The first-order valence-corrected chi connectivity index (χ1v) is 12.3. The van der Waals surface area contributed by atoms with E-state index in [9.17, 15) is 23.3 Å². The van der Waals surface area contributed by atoms with Gasteiger partial charge in [-0.25, -0.2) is 13.2 Å². The third kappa shape index (κ3) is 6.73. The quantitative estimate of drug-likeness (QED) is 0.178. The molecule has 1 atom stereocenters. The van der Waals surface area contributed by atoms with Gasteiger partial charge in [-0.15, -0.1) is 0 Å². The first kappa shape index (κ1) is 24.2. The van der Waals surface area contributed by atoms with E-state index in [2.05, 4.69) is 5.32 Å². The predicted molar refractivity (Wildman–Crippen MR) is 118 cm³/mol. The van der Waals surface area contributed by atoms with E-state index < -0.39 is 26.8 Å². The minimum atomic E-state index is -2.98. The van der Waals surface area contributed by atoms with Crippen molar-refractivity contribution in [2.45, 2.75) is 51.0 Å². The van der Waals surface area contributed by atoms with Crippen molar-refractivity contribution >= 4 is 38.7 Å². The van der Waals surface area contributed by atoms with Gasteiger partial charge < -0.3 is 10.1 Å². The van der Waals surface area contributed by atoms with Crippen molar-refractivity contribution in [3.8, 4) is 0 Å². The molecule has 0 heterocycles. The Bertz CT molecular complexity index is 879. The summed E-state index contributed by atoms with van der Waals surface area (Å²) in [7, 11) is -1.67. The molecule has 0 spiro atoms. The van der Waals surface area contributed by atoms with Crippen LogP contribution in [-0.4, -0.2) is 49.5 Å². The highest BCUT2D eigenvalue weighted by atomic mass is 32.2. The molecule has 0 aromatic heterocycles. The molecular weight excluding hydrogens is 428 g/mol. The van der Waals surface area contributed by atoms with Gasteiger partial charge in [0.05, 0.1) is 17.0 Å². The first-order valence-electron chi connectivity index (χ1n) is 9.86. The molecule has 1 aromatic carbocycles. The topological polar surface area (TPSA) is 116 Å². The Hall–Kier alpha value is -2.07. The van der Waals surface area contributed by atoms with Crippen molar-refractivity contribution in [1.29, 1.82) is 0 Å². The van der Waals surface area contributed by atoms with E-state index in [0.29, 0.717) is 11.4 Å². The average molecular weight is 457 g/mol. The number of methoxy groups -OCH3 is 1. The summed E-state index contributed by atoms with van der Waals surface area (Å²) in [6, 6.07) is 5.33. The zero-order chi connectivity index (χ0) is 22.4. The molecule has 1 aliphatic rings. The molecular formula is C20H28N2O6S2. The van der Waals surface area contributed by atoms with Crippen LogP contribution in [0.2, 0.25) is 0 Å². The second-order valence-corrected chi connectivity index (χ2v) is 10.6. The number of carbonyl (C=O) groups is 1. The van der Waals surface area contributed by atoms with Gasteiger partial charge in [0.2, 0.25) is 0 Å². The smallest absolute Gasteiger partial charge is 0.328 e.